The van der Waals surface area contributed by atoms with E-state index < -0.39 is 9.84 Å². The fraction of sp³-hybridized carbons (Fsp3) is 0.258. The lowest BCUT2D eigenvalue weighted by molar-refractivity contribution is 0.306. The van der Waals surface area contributed by atoms with Crippen LogP contribution in [0.15, 0.2) is 73.2 Å². The largest absolute Gasteiger partial charge is 0.487 e. The predicted octanol–water partition coefficient (Wildman–Crippen LogP) is 6.95. The van der Waals surface area contributed by atoms with Gasteiger partial charge in [0.15, 0.2) is 0 Å². The summed E-state index contributed by atoms with van der Waals surface area (Å²) in [5, 5.41) is 8.73. The third-order valence-electron chi connectivity index (χ3n) is 7.05. The van der Waals surface area contributed by atoms with E-state index in [4.69, 9.17) is 16.3 Å². The molecule has 6 rings (SSSR count). The minimum absolute atomic E-state index is 0.0260. The molecule has 1 atom stereocenters. The van der Waals surface area contributed by atoms with E-state index in [2.05, 4.69) is 25.6 Å². The van der Waals surface area contributed by atoms with E-state index in [1.807, 2.05) is 24.3 Å². The number of fused-ring (bicyclic) bond motifs is 1. The van der Waals surface area contributed by atoms with Crippen molar-refractivity contribution in [2.45, 2.75) is 25.5 Å². The summed E-state index contributed by atoms with van der Waals surface area (Å²) in [5.74, 6) is 1.40. The summed E-state index contributed by atoms with van der Waals surface area (Å²) in [7, 11) is -3.18. The second-order valence-electron chi connectivity index (χ2n) is 10.7. The molecule has 0 amide bonds. The van der Waals surface area contributed by atoms with Gasteiger partial charge >= 0.3 is 0 Å². The Balaban J connectivity index is 1.21. The van der Waals surface area contributed by atoms with Crippen LogP contribution in [0.25, 0.3) is 21.5 Å². The molecule has 0 bridgehead atoms. The van der Waals surface area contributed by atoms with Gasteiger partial charge in [-0.15, -0.1) is 11.3 Å². The van der Waals surface area contributed by atoms with E-state index in [0.717, 1.165) is 32.9 Å². The highest BCUT2D eigenvalue weighted by molar-refractivity contribution is 7.90. The molecule has 8 nitrogen and oxygen atoms in total. The van der Waals surface area contributed by atoms with Crippen LogP contribution >= 0.6 is 22.9 Å². The second-order valence-corrected chi connectivity index (χ2v) is 14.4. The molecule has 0 saturated heterocycles. The average Bonchev–Trinajstić information content (AvgIpc) is 3.67. The van der Waals surface area contributed by atoms with Gasteiger partial charge < -0.3 is 15.4 Å². The number of halogens is 2. The monoisotopic (exact) mass is 637 g/mol. The maximum Gasteiger partial charge on any atom is 0.149 e. The van der Waals surface area contributed by atoms with Gasteiger partial charge in [0.2, 0.25) is 0 Å². The van der Waals surface area contributed by atoms with E-state index >= 15 is 0 Å². The quantitative estimate of drug-likeness (QED) is 0.151. The zero-order valence-electron chi connectivity index (χ0n) is 23.3. The molecule has 12 heteroatoms. The summed E-state index contributed by atoms with van der Waals surface area (Å²) in [6.45, 7) is 0.994. The SMILES string of the molecule is CS(=O)(=O)C[C@H](NCC1CC1)c1cnc(-c2ccc3ncnc(Nc4ccc(OCc5cccc(F)c5)c(Cl)c4)c3c2)s1. The molecule has 1 saturated carbocycles. The minimum Gasteiger partial charge on any atom is -0.487 e. The van der Waals surface area contributed by atoms with Crippen molar-refractivity contribution in [1.82, 2.24) is 20.3 Å². The van der Waals surface area contributed by atoms with Crippen molar-refractivity contribution in [3.05, 3.63) is 94.5 Å². The third kappa shape index (κ3) is 7.66. The molecule has 43 heavy (non-hydrogen) atoms. The van der Waals surface area contributed by atoms with Crippen molar-refractivity contribution in [3.8, 4) is 16.3 Å². The van der Waals surface area contributed by atoms with Gasteiger partial charge in [0.1, 0.15) is 45.2 Å². The van der Waals surface area contributed by atoms with Crippen LogP contribution in [-0.4, -0.2) is 41.9 Å². The minimum atomic E-state index is -3.18. The maximum atomic E-state index is 13.5. The van der Waals surface area contributed by atoms with Crippen molar-refractivity contribution >= 4 is 55.2 Å². The zero-order valence-corrected chi connectivity index (χ0v) is 25.6. The summed E-state index contributed by atoms with van der Waals surface area (Å²) >= 11 is 7.99. The molecule has 1 fully saturated rings. The molecule has 1 aliphatic rings. The number of aromatic nitrogens is 3. The van der Waals surface area contributed by atoms with Crippen LogP contribution in [0.5, 0.6) is 5.75 Å². The van der Waals surface area contributed by atoms with Gasteiger partial charge in [-0.2, -0.15) is 0 Å². The summed E-state index contributed by atoms with van der Waals surface area (Å²) in [6.07, 6.45) is 6.89. The lowest BCUT2D eigenvalue weighted by Crippen LogP contribution is -2.28. The van der Waals surface area contributed by atoms with E-state index in [1.165, 1.54) is 48.9 Å². The van der Waals surface area contributed by atoms with Crippen LogP contribution in [0, 0.1) is 11.7 Å². The standard InChI is InChI=1S/C31H29ClFN5O3S2/c1-43(39,40)17-27(34-14-19-5-6-19)29-15-35-31(42-29)21-7-9-26-24(12-21)30(37-18-36-26)38-23-8-10-28(25(32)13-23)41-16-20-3-2-4-22(33)11-20/h2-4,7-13,15,18-19,27,34H,5-6,14,16-17H2,1H3,(H,36,37,38)/t27-/m0/s1. The zero-order chi connectivity index (χ0) is 30.0. The number of anilines is 2. The molecule has 0 radical (unpaired) electrons. The van der Waals surface area contributed by atoms with E-state index in [9.17, 15) is 12.8 Å². The highest BCUT2D eigenvalue weighted by atomic mass is 35.5. The van der Waals surface area contributed by atoms with Crippen LogP contribution in [0.3, 0.4) is 0 Å². The smallest absolute Gasteiger partial charge is 0.149 e. The van der Waals surface area contributed by atoms with Crippen LogP contribution in [-0.2, 0) is 16.4 Å². The first-order chi connectivity index (χ1) is 20.7. The molecule has 2 heterocycles. The van der Waals surface area contributed by atoms with E-state index in [-0.39, 0.29) is 24.2 Å². The van der Waals surface area contributed by atoms with Crippen molar-refractivity contribution in [3.63, 3.8) is 0 Å². The van der Waals surface area contributed by atoms with Crippen molar-refractivity contribution in [2.75, 3.05) is 23.9 Å². The van der Waals surface area contributed by atoms with Crippen molar-refractivity contribution in [1.29, 1.82) is 0 Å². The molecule has 0 spiro atoms. The number of hydrogen-bond acceptors (Lipinski definition) is 9. The molecule has 1 aliphatic carbocycles. The fourth-order valence-electron chi connectivity index (χ4n) is 4.67. The fourth-order valence-corrected chi connectivity index (χ4v) is 6.90. The molecule has 222 valence electrons. The van der Waals surface area contributed by atoms with E-state index in [1.54, 1.807) is 30.5 Å². The summed E-state index contributed by atoms with van der Waals surface area (Å²) in [5.41, 5.74) is 3.03. The Morgan fingerprint density at radius 2 is 1.95 bits per heavy atom. The van der Waals surface area contributed by atoms with Gasteiger partial charge in [-0.1, -0.05) is 23.7 Å². The highest BCUT2D eigenvalue weighted by Gasteiger charge is 2.25. The molecule has 0 unspecified atom stereocenters. The molecule has 5 aromatic rings. The molecular formula is C31H29ClFN5O3S2. The Morgan fingerprint density at radius 1 is 1.09 bits per heavy atom. The number of sulfone groups is 1. The Labute approximate surface area is 258 Å². The van der Waals surface area contributed by atoms with Gasteiger partial charge in [0.05, 0.1) is 22.3 Å². The first kappa shape index (κ1) is 29.4. The van der Waals surface area contributed by atoms with Gasteiger partial charge in [-0.25, -0.2) is 27.8 Å². The Morgan fingerprint density at radius 3 is 2.72 bits per heavy atom. The van der Waals surface area contributed by atoms with Gasteiger partial charge in [0.25, 0.3) is 0 Å². The summed E-state index contributed by atoms with van der Waals surface area (Å²) in [6, 6.07) is 17.1. The third-order valence-corrected chi connectivity index (χ3v) is 9.44. The molecule has 2 aromatic heterocycles. The lowest BCUT2D eigenvalue weighted by Gasteiger charge is -2.15. The number of nitrogens with zero attached hydrogens (tertiary/aromatic N) is 3. The van der Waals surface area contributed by atoms with Crippen LogP contribution < -0.4 is 15.4 Å². The van der Waals surface area contributed by atoms with Crippen LogP contribution in [0.1, 0.15) is 29.3 Å². The molecular weight excluding hydrogens is 609 g/mol. The van der Waals surface area contributed by atoms with Gasteiger partial charge in [-0.05, 0) is 79.4 Å². The summed E-state index contributed by atoms with van der Waals surface area (Å²) in [4.78, 5) is 14.4. The number of ether oxygens (including phenoxy) is 1. The number of thiazole rings is 1. The maximum absolute atomic E-state index is 13.5. The number of nitrogens with one attached hydrogen (secondary N) is 2. The van der Waals surface area contributed by atoms with Crippen LogP contribution in [0.4, 0.5) is 15.9 Å². The first-order valence-corrected chi connectivity index (χ1v) is 17.0. The summed E-state index contributed by atoms with van der Waals surface area (Å²) < 4.78 is 43.5. The number of rotatable bonds is 12. The highest BCUT2D eigenvalue weighted by Crippen LogP contribution is 2.35. The molecule has 2 N–H and O–H groups in total. The van der Waals surface area contributed by atoms with Crippen LogP contribution in [0.2, 0.25) is 5.02 Å². The van der Waals surface area contributed by atoms with Gasteiger partial charge in [-0.3, -0.25) is 0 Å². The Kier molecular flexibility index (Phi) is 8.58. The van der Waals surface area contributed by atoms with Crippen molar-refractivity contribution in [2.24, 2.45) is 5.92 Å². The normalized spacial score (nSPS) is 14.1. The first-order valence-electron chi connectivity index (χ1n) is 13.8. The van der Waals surface area contributed by atoms with E-state index in [0.29, 0.717) is 33.8 Å². The second kappa shape index (κ2) is 12.5. The predicted molar refractivity (Wildman–Crippen MR) is 169 cm³/mol. The van der Waals surface area contributed by atoms with Gasteiger partial charge in [0, 0.05) is 34.0 Å². The lowest BCUT2D eigenvalue weighted by atomic mass is 10.1. The number of benzene rings is 3. The average molecular weight is 638 g/mol. The Bertz CT molecular complexity index is 1880. The Hall–Kier alpha value is -3.64. The number of hydrogen-bond donors (Lipinski definition) is 2. The van der Waals surface area contributed by atoms with Crippen molar-refractivity contribution < 1.29 is 17.5 Å². The molecule has 0 aliphatic heterocycles. The molecule has 3 aromatic carbocycles. The topological polar surface area (TPSA) is 106 Å².